The van der Waals surface area contributed by atoms with Crippen molar-refractivity contribution < 1.29 is 19.8 Å². The van der Waals surface area contributed by atoms with Crippen molar-refractivity contribution in [3.8, 4) is 0 Å². The van der Waals surface area contributed by atoms with Crippen LogP contribution in [0.3, 0.4) is 0 Å². The molecule has 3 rings (SSSR count). The third-order valence-electron chi connectivity index (χ3n) is 4.60. The van der Waals surface area contributed by atoms with Crippen LogP contribution in [-0.2, 0) is 16.1 Å². The monoisotopic (exact) mass is 275 g/mol. The highest BCUT2D eigenvalue weighted by molar-refractivity contribution is 5.82. The Morgan fingerprint density at radius 2 is 1.50 bits per heavy atom. The second-order valence-corrected chi connectivity index (χ2v) is 5.60. The molecule has 2 bridgehead atoms. The van der Waals surface area contributed by atoms with E-state index in [4.69, 9.17) is 0 Å². The van der Waals surface area contributed by atoms with Gasteiger partial charge >= 0.3 is 11.9 Å². The first kappa shape index (κ1) is 13.1. The molecule has 0 aliphatic carbocycles. The van der Waals surface area contributed by atoms with E-state index in [9.17, 15) is 19.8 Å². The van der Waals surface area contributed by atoms with Gasteiger partial charge in [0.15, 0.2) is 0 Å². The fraction of sp³-hybridized carbons (Fsp3) is 0.467. The van der Waals surface area contributed by atoms with E-state index in [1.165, 1.54) is 0 Å². The van der Waals surface area contributed by atoms with Gasteiger partial charge in [0.2, 0.25) is 0 Å². The second-order valence-electron chi connectivity index (χ2n) is 5.60. The van der Waals surface area contributed by atoms with Gasteiger partial charge in [0, 0.05) is 18.6 Å². The summed E-state index contributed by atoms with van der Waals surface area (Å²) in [5.74, 6) is -3.53. The molecular weight excluding hydrogens is 258 g/mol. The lowest BCUT2D eigenvalue weighted by Gasteiger charge is -2.22. The SMILES string of the molecule is O=C(O)C1C(C(=O)O)C2CCC1N2Cc1ccccc1. The van der Waals surface area contributed by atoms with Crippen molar-refractivity contribution in [1.29, 1.82) is 0 Å². The van der Waals surface area contributed by atoms with Crippen molar-refractivity contribution >= 4 is 11.9 Å². The minimum atomic E-state index is -0.984. The van der Waals surface area contributed by atoms with Crippen molar-refractivity contribution in [2.24, 2.45) is 11.8 Å². The van der Waals surface area contributed by atoms with Gasteiger partial charge in [-0.15, -0.1) is 0 Å². The predicted octanol–water partition coefficient (Wildman–Crippen LogP) is 1.43. The van der Waals surface area contributed by atoms with Crippen LogP contribution in [0.1, 0.15) is 18.4 Å². The van der Waals surface area contributed by atoms with Crippen molar-refractivity contribution in [2.75, 3.05) is 0 Å². The molecule has 2 N–H and O–H groups in total. The van der Waals surface area contributed by atoms with Crippen LogP contribution in [0.2, 0.25) is 0 Å². The molecule has 4 unspecified atom stereocenters. The third-order valence-corrected chi connectivity index (χ3v) is 4.60. The zero-order valence-electron chi connectivity index (χ0n) is 11.0. The van der Waals surface area contributed by atoms with Gasteiger partial charge in [-0.05, 0) is 18.4 Å². The maximum absolute atomic E-state index is 11.4. The summed E-state index contributed by atoms with van der Waals surface area (Å²) in [6.07, 6.45) is 1.55. The lowest BCUT2D eigenvalue weighted by molar-refractivity contribution is -0.154. The van der Waals surface area contributed by atoms with Crippen LogP contribution in [-0.4, -0.2) is 39.1 Å². The van der Waals surface area contributed by atoms with E-state index in [-0.39, 0.29) is 12.1 Å². The molecule has 2 saturated heterocycles. The Kier molecular flexibility index (Phi) is 3.22. The number of carbonyl (C=O) groups is 2. The summed E-state index contributed by atoms with van der Waals surface area (Å²) in [5.41, 5.74) is 1.10. The molecule has 0 amide bonds. The zero-order valence-corrected chi connectivity index (χ0v) is 11.0. The van der Waals surface area contributed by atoms with E-state index in [2.05, 4.69) is 4.90 Å². The van der Waals surface area contributed by atoms with Gasteiger partial charge in [-0.3, -0.25) is 14.5 Å². The standard InChI is InChI=1S/C15H17NO4/c17-14(18)12-10-6-7-11(13(12)15(19)20)16(10)8-9-4-2-1-3-5-9/h1-5,10-13H,6-8H2,(H,17,18)(H,19,20). The topological polar surface area (TPSA) is 77.8 Å². The van der Waals surface area contributed by atoms with Gasteiger partial charge in [0.25, 0.3) is 0 Å². The summed E-state index contributed by atoms with van der Waals surface area (Å²) in [5, 5.41) is 18.7. The van der Waals surface area contributed by atoms with E-state index in [1.807, 2.05) is 30.3 Å². The Labute approximate surface area is 116 Å². The second kappa shape index (κ2) is 4.90. The maximum Gasteiger partial charge on any atom is 0.309 e. The highest BCUT2D eigenvalue weighted by Crippen LogP contribution is 2.46. The summed E-state index contributed by atoms with van der Waals surface area (Å²) < 4.78 is 0. The zero-order chi connectivity index (χ0) is 14.3. The van der Waals surface area contributed by atoms with Crippen LogP contribution in [0, 0.1) is 11.8 Å². The highest BCUT2D eigenvalue weighted by Gasteiger charge is 2.58. The molecule has 0 saturated carbocycles. The number of hydrogen-bond acceptors (Lipinski definition) is 3. The number of aliphatic carboxylic acids is 2. The van der Waals surface area contributed by atoms with Crippen LogP contribution in [0.5, 0.6) is 0 Å². The third kappa shape index (κ3) is 1.98. The first-order valence-electron chi connectivity index (χ1n) is 6.85. The number of fused-ring (bicyclic) bond motifs is 2. The molecular formula is C15H17NO4. The molecule has 5 heteroatoms. The molecule has 106 valence electrons. The number of carboxylic acid groups (broad SMARTS) is 2. The fourth-order valence-corrected chi connectivity index (χ4v) is 3.83. The molecule has 20 heavy (non-hydrogen) atoms. The summed E-state index contributed by atoms with van der Waals surface area (Å²) in [4.78, 5) is 24.9. The van der Waals surface area contributed by atoms with Gasteiger partial charge in [-0.2, -0.15) is 0 Å². The van der Waals surface area contributed by atoms with E-state index >= 15 is 0 Å². The predicted molar refractivity (Wildman–Crippen MR) is 71.0 cm³/mol. The van der Waals surface area contributed by atoms with Crippen LogP contribution in [0.25, 0.3) is 0 Å². The number of nitrogens with zero attached hydrogens (tertiary/aromatic N) is 1. The summed E-state index contributed by atoms with van der Waals surface area (Å²) in [7, 11) is 0. The molecule has 0 spiro atoms. The Morgan fingerprint density at radius 3 is 1.95 bits per heavy atom. The molecule has 0 radical (unpaired) electrons. The molecule has 1 aromatic carbocycles. The first-order chi connectivity index (χ1) is 9.59. The molecule has 0 aromatic heterocycles. The van der Waals surface area contributed by atoms with Crippen LogP contribution < -0.4 is 0 Å². The largest absolute Gasteiger partial charge is 0.481 e. The summed E-state index contributed by atoms with van der Waals surface area (Å²) in [6, 6.07) is 9.49. The van der Waals surface area contributed by atoms with E-state index in [0.717, 1.165) is 18.4 Å². The number of hydrogen-bond donors (Lipinski definition) is 2. The lowest BCUT2D eigenvalue weighted by atomic mass is 9.79. The van der Waals surface area contributed by atoms with Crippen LogP contribution >= 0.6 is 0 Å². The minimum absolute atomic E-state index is 0.154. The average Bonchev–Trinajstić information content (AvgIpc) is 2.95. The van der Waals surface area contributed by atoms with Gasteiger partial charge < -0.3 is 10.2 Å². The van der Waals surface area contributed by atoms with Gasteiger partial charge in [0.1, 0.15) is 0 Å². The lowest BCUT2D eigenvalue weighted by Crippen LogP contribution is -2.38. The highest BCUT2D eigenvalue weighted by atomic mass is 16.4. The molecule has 2 aliphatic heterocycles. The Morgan fingerprint density at radius 1 is 1.00 bits per heavy atom. The molecule has 1 aromatic rings. The van der Waals surface area contributed by atoms with E-state index < -0.39 is 23.8 Å². The molecule has 2 aliphatic rings. The van der Waals surface area contributed by atoms with E-state index in [0.29, 0.717) is 6.54 Å². The fourth-order valence-electron chi connectivity index (χ4n) is 3.83. The number of rotatable bonds is 4. The number of benzene rings is 1. The normalized spacial score (nSPS) is 32.4. The average molecular weight is 275 g/mol. The van der Waals surface area contributed by atoms with E-state index in [1.54, 1.807) is 0 Å². The smallest absolute Gasteiger partial charge is 0.309 e. The number of carboxylic acids is 2. The molecule has 4 atom stereocenters. The summed E-state index contributed by atoms with van der Waals surface area (Å²) >= 11 is 0. The molecule has 2 heterocycles. The van der Waals surface area contributed by atoms with Crippen LogP contribution in [0.15, 0.2) is 30.3 Å². The van der Waals surface area contributed by atoms with Crippen molar-refractivity contribution in [3.63, 3.8) is 0 Å². The molecule has 2 fully saturated rings. The Hall–Kier alpha value is -1.88. The van der Waals surface area contributed by atoms with Crippen molar-refractivity contribution in [1.82, 2.24) is 4.90 Å². The quantitative estimate of drug-likeness (QED) is 0.869. The summed E-state index contributed by atoms with van der Waals surface area (Å²) in [6.45, 7) is 0.629. The van der Waals surface area contributed by atoms with Gasteiger partial charge in [0.05, 0.1) is 11.8 Å². The van der Waals surface area contributed by atoms with Crippen molar-refractivity contribution in [3.05, 3.63) is 35.9 Å². The Balaban J connectivity index is 1.87. The molecule has 5 nitrogen and oxygen atoms in total. The van der Waals surface area contributed by atoms with Gasteiger partial charge in [-0.25, -0.2) is 0 Å². The van der Waals surface area contributed by atoms with Crippen molar-refractivity contribution in [2.45, 2.75) is 31.5 Å². The Bertz CT molecular complexity index is 502. The van der Waals surface area contributed by atoms with Crippen LogP contribution in [0.4, 0.5) is 0 Å². The van der Waals surface area contributed by atoms with Gasteiger partial charge in [-0.1, -0.05) is 30.3 Å². The maximum atomic E-state index is 11.4. The first-order valence-corrected chi connectivity index (χ1v) is 6.85. The minimum Gasteiger partial charge on any atom is -0.481 e.